The first kappa shape index (κ1) is 75.3. The molecule has 0 aromatic heterocycles. The van der Waals surface area contributed by atoms with Crippen LogP contribution in [0.2, 0.25) is 39.3 Å². The number of quaternary nitrogens is 1. The fraction of sp³-hybridized carbons (Fsp3) is 0.889. The Balaban J connectivity index is -0.000000102. The minimum absolute atomic E-state index is 0. The maximum Gasteiger partial charge on any atom is 3.00 e. The van der Waals surface area contributed by atoms with Crippen molar-refractivity contribution in [3.8, 4) is 0 Å². The molecule has 17 nitrogen and oxygen atoms in total. The van der Waals surface area contributed by atoms with Crippen LogP contribution < -0.4 is 82.2 Å². The fourth-order valence-corrected chi connectivity index (χ4v) is 2.68. The van der Waals surface area contributed by atoms with Gasteiger partial charge in [0.1, 0.15) is 0 Å². The SMILES string of the molecule is CC(C)NC(=O)[N-]CCN(C)CC[N-]C(=O)NC(C)C.CC(C)NC(=O)[N-]CCN(C)CC[N-]C(=O)NC(C)C.C[N+](C)(C)C.C[Si](C)(C)[O-].C[Si](C)(C)[O-].[K+].[Ni+3].[Ni+3]. The standard InChI is InChI=1S/2C13H29N5O2.C4H12N.2C3H9OSi.K.2Ni/c2*1-10(2)16-12(19)14-6-8-18(5)9-7-15-13(20)17-11(3)4;3*1-5(2,3)4;;;/h2*10-11H,6-9H2,1-5H3,(H4,14,15,16,17,19,20);1-4H3;2*1-3H3;;;/q;;+1;2*-1;+1;2*+3/p-4. The third-order valence-corrected chi connectivity index (χ3v) is 4.60. The molecule has 0 rings (SSSR count). The second-order valence-electron chi connectivity index (χ2n) is 17.5. The summed E-state index contributed by atoms with van der Waals surface area (Å²) in [5.74, 6) is 0. The van der Waals surface area contributed by atoms with Gasteiger partial charge in [0.05, 0.1) is 28.2 Å². The Morgan fingerprint density at radius 1 is 0.483 bits per heavy atom. The van der Waals surface area contributed by atoms with Gasteiger partial charge in [-0.1, -0.05) is 111 Å². The van der Waals surface area contributed by atoms with Crippen molar-refractivity contribution in [1.29, 1.82) is 0 Å². The quantitative estimate of drug-likeness (QED) is 0.131. The van der Waals surface area contributed by atoms with Crippen LogP contribution >= 0.6 is 0 Å². The van der Waals surface area contributed by atoms with Gasteiger partial charge in [0.15, 0.2) is 24.1 Å². The normalized spacial score (nSPS) is 10.6. The van der Waals surface area contributed by atoms with Gasteiger partial charge in [0.25, 0.3) is 0 Å². The monoisotopic (exact) mass is 977 g/mol. The number of carbonyl (C=O) groups excluding carboxylic acids is 4. The number of hydrogen-bond acceptors (Lipinski definition) is 8. The van der Waals surface area contributed by atoms with E-state index in [2.05, 4.69) is 70.7 Å². The number of nitrogens with zero attached hydrogens (tertiary/aromatic N) is 7. The molecule has 346 valence electrons. The molecule has 0 aromatic carbocycles. The Morgan fingerprint density at radius 2 is 0.603 bits per heavy atom. The average Bonchev–Trinajstić information content (AvgIpc) is 2.89. The largest absolute Gasteiger partial charge is 3.00 e. The maximum absolute atomic E-state index is 11.3. The van der Waals surface area contributed by atoms with Crippen molar-refractivity contribution in [3.05, 3.63) is 21.3 Å². The molecule has 8 amide bonds. The predicted octanol–water partition coefficient (Wildman–Crippen LogP) is 1.49. The summed E-state index contributed by atoms with van der Waals surface area (Å²) >= 11 is 0. The van der Waals surface area contributed by atoms with Crippen LogP contribution in [0.15, 0.2) is 0 Å². The molecule has 0 aliphatic carbocycles. The molecule has 22 heteroatoms. The molecule has 0 saturated carbocycles. The molecule has 0 aliphatic heterocycles. The first-order valence-corrected chi connectivity index (χ1v) is 25.9. The molecule has 0 unspecified atom stereocenters. The molecule has 0 aromatic rings. The zero-order chi connectivity index (χ0) is 44.6. The van der Waals surface area contributed by atoms with Crippen LogP contribution in [-0.2, 0) is 33.0 Å². The van der Waals surface area contributed by atoms with Crippen molar-refractivity contribution in [2.24, 2.45) is 0 Å². The van der Waals surface area contributed by atoms with Crippen molar-refractivity contribution >= 4 is 40.8 Å². The zero-order valence-electron chi connectivity index (χ0n) is 40.2. The van der Waals surface area contributed by atoms with Gasteiger partial charge in [-0.15, -0.1) is 0 Å². The van der Waals surface area contributed by atoms with Gasteiger partial charge in [-0.2, -0.15) is 0 Å². The summed E-state index contributed by atoms with van der Waals surface area (Å²) < 4.78 is 1.00. The first-order chi connectivity index (χ1) is 24.6. The van der Waals surface area contributed by atoms with Crippen LogP contribution in [0.4, 0.5) is 19.2 Å². The molecule has 0 heterocycles. The third kappa shape index (κ3) is 106. The van der Waals surface area contributed by atoms with Crippen molar-refractivity contribution in [2.75, 3.05) is 94.6 Å². The molecule has 0 spiro atoms. The number of amides is 8. The van der Waals surface area contributed by atoms with Gasteiger partial charge in [0.2, 0.25) is 0 Å². The number of carbonyl (C=O) groups is 4. The second-order valence-corrected chi connectivity index (χ2v) is 25.9. The molecule has 0 aliphatic rings. The molecular weight excluding hydrogens is 895 g/mol. The first-order valence-electron chi connectivity index (χ1n) is 19.1. The Hall–Kier alpha value is -0.0629. The minimum Gasteiger partial charge on any atom is -0.859 e. The second kappa shape index (κ2) is 43.6. The van der Waals surface area contributed by atoms with E-state index < -0.39 is 16.6 Å². The molecule has 58 heavy (non-hydrogen) atoms. The molecular formula is C36H84KN11Ni2O6Si2+2. The predicted molar refractivity (Wildman–Crippen MR) is 233 cm³/mol. The van der Waals surface area contributed by atoms with Crippen LogP contribution in [0.3, 0.4) is 0 Å². The summed E-state index contributed by atoms with van der Waals surface area (Å²) in [5.41, 5.74) is 0. The Kier molecular flexibility index (Phi) is 56.6. The maximum atomic E-state index is 11.3. The van der Waals surface area contributed by atoms with E-state index in [9.17, 15) is 28.8 Å². The smallest absolute Gasteiger partial charge is 0.859 e. The summed E-state index contributed by atoms with van der Waals surface area (Å²) in [4.78, 5) is 69.5. The van der Waals surface area contributed by atoms with E-state index in [1.807, 2.05) is 79.3 Å². The van der Waals surface area contributed by atoms with Crippen LogP contribution in [0.5, 0.6) is 0 Å². The average molecular weight is 980 g/mol. The van der Waals surface area contributed by atoms with Gasteiger partial charge in [-0.05, 0) is 90.6 Å². The van der Waals surface area contributed by atoms with Crippen LogP contribution in [-0.4, -0.2) is 174 Å². The molecule has 4 N–H and O–H groups in total. The van der Waals surface area contributed by atoms with E-state index >= 15 is 0 Å². The van der Waals surface area contributed by atoms with Gasteiger partial charge in [-0.3, -0.25) is 19.2 Å². The molecule has 2 radical (unpaired) electrons. The van der Waals surface area contributed by atoms with E-state index in [1.54, 1.807) is 39.3 Å². The Labute approximate surface area is 420 Å². The molecule has 0 bridgehead atoms. The van der Waals surface area contributed by atoms with E-state index in [0.29, 0.717) is 52.4 Å². The van der Waals surface area contributed by atoms with Crippen molar-refractivity contribution in [3.63, 3.8) is 0 Å². The van der Waals surface area contributed by atoms with E-state index in [4.69, 9.17) is 0 Å². The van der Waals surface area contributed by atoms with Crippen molar-refractivity contribution in [1.82, 2.24) is 31.1 Å². The summed E-state index contributed by atoms with van der Waals surface area (Å²) in [6.07, 6.45) is 0. The van der Waals surface area contributed by atoms with Gasteiger partial charge in [0, 0.05) is 0 Å². The third-order valence-electron chi connectivity index (χ3n) is 4.60. The number of likely N-dealkylation sites (N-methyl/N-ethyl adjacent to an activating group) is 2. The summed E-state index contributed by atoms with van der Waals surface area (Å²) in [6.45, 7) is 30.2. The molecule has 0 atom stereocenters. The molecule has 0 saturated heterocycles. The van der Waals surface area contributed by atoms with Crippen molar-refractivity contribution in [2.45, 2.75) is 119 Å². The summed E-state index contributed by atoms with van der Waals surface area (Å²) in [7, 11) is 8.59. The number of urea groups is 4. The van der Waals surface area contributed by atoms with E-state index in [-0.39, 0.29) is 133 Å². The van der Waals surface area contributed by atoms with Crippen molar-refractivity contribution < 1.29 is 118 Å². The Bertz CT molecular complexity index is 833. The number of rotatable bonds is 16. The number of nitrogens with one attached hydrogen (secondary N) is 4. The van der Waals surface area contributed by atoms with E-state index in [1.165, 1.54) is 0 Å². The minimum atomic E-state index is -1.86. The summed E-state index contributed by atoms with van der Waals surface area (Å²) in [6, 6.07) is -0.735. The Morgan fingerprint density at radius 3 is 0.707 bits per heavy atom. The number of hydrogen-bond donors (Lipinski definition) is 4. The van der Waals surface area contributed by atoms with Crippen LogP contribution in [0.25, 0.3) is 21.3 Å². The van der Waals surface area contributed by atoms with Gasteiger partial charge in [-0.25, -0.2) is 0 Å². The van der Waals surface area contributed by atoms with Crippen LogP contribution in [0.1, 0.15) is 55.4 Å². The van der Waals surface area contributed by atoms with Gasteiger partial charge < -0.3 is 66.4 Å². The van der Waals surface area contributed by atoms with E-state index in [0.717, 1.165) is 4.48 Å². The summed E-state index contributed by atoms with van der Waals surface area (Å²) in [5, 5.41) is 26.3. The zero-order valence-corrected chi connectivity index (χ0v) is 47.3. The fourth-order valence-electron chi connectivity index (χ4n) is 2.68. The van der Waals surface area contributed by atoms with Crippen LogP contribution in [0, 0.1) is 0 Å². The van der Waals surface area contributed by atoms with Gasteiger partial charge >= 0.3 is 84.4 Å². The topological polar surface area (TPSA) is 225 Å². The molecule has 0 fully saturated rings.